The van der Waals surface area contributed by atoms with E-state index in [-0.39, 0.29) is 18.2 Å². The van der Waals surface area contributed by atoms with Crippen LogP contribution in [0.3, 0.4) is 0 Å². The SMILES string of the molecule is CC(=O)N(C)Cc1cccc(NC(=O)Cc2nc(-c3cccs3)oc2C)c1. The fourth-order valence-electron chi connectivity index (χ4n) is 2.59. The summed E-state index contributed by atoms with van der Waals surface area (Å²) in [7, 11) is 1.74. The molecule has 0 saturated heterocycles. The van der Waals surface area contributed by atoms with Crippen molar-refractivity contribution in [1.29, 1.82) is 0 Å². The lowest BCUT2D eigenvalue weighted by atomic mass is 10.2. The molecule has 1 aromatic carbocycles. The zero-order chi connectivity index (χ0) is 19.4. The van der Waals surface area contributed by atoms with Crippen molar-refractivity contribution in [3.63, 3.8) is 0 Å². The molecule has 140 valence electrons. The Bertz CT molecular complexity index is 947. The normalized spacial score (nSPS) is 10.6. The number of hydrogen-bond acceptors (Lipinski definition) is 5. The molecule has 0 unspecified atom stereocenters. The van der Waals surface area contributed by atoms with E-state index in [0.29, 0.717) is 29.6 Å². The molecule has 27 heavy (non-hydrogen) atoms. The Kier molecular flexibility index (Phi) is 5.71. The predicted octanol–water partition coefficient (Wildman–Crippen LogP) is 3.87. The Balaban J connectivity index is 1.65. The van der Waals surface area contributed by atoms with Gasteiger partial charge in [0, 0.05) is 26.2 Å². The standard InChI is InChI=1S/C20H21N3O3S/c1-13-17(22-20(26-13)18-8-5-9-27-18)11-19(25)21-16-7-4-6-15(10-16)12-23(3)14(2)24/h4-10H,11-12H2,1-3H3,(H,21,25). The van der Waals surface area contributed by atoms with Gasteiger partial charge in [-0.3, -0.25) is 9.59 Å². The van der Waals surface area contributed by atoms with Gasteiger partial charge in [0.15, 0.2) is 0 Å². The van der Waals surface area contributed by atoms with Gasteiger partial charge in [-0.05, 0) is 36.1 Å². The third kappa shape index (κ3) is 4.83. The summed E-state index contributed by atoms with van der Waals surface area (Å²) < 4.78 is 5.68. The smallest absolute Gasteiger partial charge is 0.236 e. The number of aromatic nitrogens is 1. The molecule has 0 aliphatic carbocycles. The van der Waals surface area contributed by atoms with Gasteiger partial charge in [0.25, 0.3) is 0 Å². The number of benzene rings is 1. The number of amides is 2. The number of hydrogen-bond donors (Lipinski definition) is 1. The zero-order valence-electron chi connectivity index (χ0n) is 15.5. The number of aryl methyl sites for hydroxylation is 1. The van der Waals surface area contributed by atoms with Crippen LogP contribution >= 0.6 is 11.3 Å². The van der Waals surface area contributed by atoms with Crippen molar-refractivity contribution in [2.24, 2.45) is 0 Å². The van der Waals surface area contributed by atoms with Crippen molar-refractivity contribution in [3.8, 4) is 10.8 Å². The summed E-state index contributed by atoms with van der Waals surface area (Å²) in [4.78, 5) is 30.8. The van der Waals surface area contributed by atoms with E-state index < -0.39 is 0 Å². The minimum Gasteiger partial charge on any atom is -0.440 e. The van der Waals surface area contributed by atoms with Gasteiger partial charge in [0.1, 0.15) is 5.76 Å². The largest absolute Gasteiger partial charge is 0.440 e. The van der Waals surface area contributed by atoms with Crippen LogP contribution in [0.4, 0.5) is 5.69 Å². The van der Waals surface area contributed by atoms with Gasteiger partial charge in [-0.2, -0.15) is 0 Å². The van der Waals surface area contributed by atoms with E-state index in [2.05, 4.69) is 10.3 Å². The molecule has 0 radical (unpaired) electrons. The molecule has 0 aliphatic rings. The van der Waals surface area contributed by atoms with Gasteiger partial charge in [-0.15, -0.1) is 11.3 Å². The van der Waals surface area contributed by atoms with Crippen molar-refractivity contribution < 1.29 is 14.0 Å². The van der Waals surface area contributed by atoms with Gasteiger partial charge in [-0.25, -0.2) is 4.98 Å². The minimum absolute atomic E-state index is 0.00695. The summed E-state index contributed by atoms with van der Waals surface area (Å²) in [5.41, 5.74) is 2.26. The van der Waals surface area contributed by atoms with E-state index in [4.69, 9.17) is 4.42 Å². The Morgan fingerprint density at radius 2 is 2.07 bits per heavy atom. The summed E-state index contributed by atoms with van der Waals surface area (Å²) in [6.07, 6.45) is 0.137. The van der Waals surface area contributed by atoms with Crippen LogP contribution < -0.4 is 5.32 Å². The van der Waals surface area contributed by atoms with Gasteiger partial charge in [0.05, 0.1) is 17.0 Å². The number of nitrogens with zero attached hydrogens (tertiary/aromatic N) is 2. The molecule has 0 aliphatic heterocycles. The molecule has 0 bridgehead atoms. The Morgan fingerprint density at radius 3 is 2.78 bits per heavy atom. The maximum absolute atomic E-state index is 12.4. The third-order valence-corrected chi connectivity index (χ3v) is 4.98. The fourth-order valence-corrected chi connectivity index (χ4v) is 3.24. The van der Waals surface area contributed by atoms with Crippen molar-refractivity contribution >= 4 is 28.8 Å². The molecular weight excluding hydrogens is 362 g/mol. The molecule has 0 spiro atoms. The van der Waals surface area contributed by atoms with Crippen LogP contribution in [0.15, 0.2) is 46.2 Å². The van der Waals surface area contributed by atoms with Gasteiger partial charge in [-0.1, -0.05) is 18.2 Å². The van der Waals surface area contributed by atoms with E-state index in [1.165, 1.54) is 6.92 Å². The highest BCUT2D eigenvalue weighted by Crippen LogP contribution is 2.26. The minimum atomic E-state index is -0.166. The first kappa shape index (κ1) is 18.8. The van der Waals surface area contributed by atoms with Crippen LogP contribution in [0.1, 0.15) is 23.9 Å². The lowest BCUT2D eigenvalue weighted by Crippen LogP contribution is -2.23. The first-order valence-corrected chi connectivity index (χ1v) is 9.41. The van der Waals surface area contributed by atoms with E-state index >= 15 is 0 Å². The molecule has 7 heteroatoms. The maximum Gasteiger partial charge on any atom is 0.236 e. The van der Waals surface area contributed by atoms with Crippen LogP contribution in [-0.4, -0.2) is 28.7 Å². The number of carbonyl (C=O) groups is 2. The Labute approximate surface area is 161 Å². The highest BCUT2D eigenvalue weighted by Gasteiger charge is 2.15. The van der Waals surface area contributed by atoms with Gasteiger partial charge in [0.2, 0.25) is 17.7 Å². The van der Waals surface area contributed by atoms with Crippen LogP contribution in [-0.2, 0) is 22.6 Å². The maximum atomic E-state index is 12.4. The zero-order valence-corrected chi connectivity index (χ0v) is 16.3. The first-order valence-electron chi connectivity index (χ1n) is 8.53. The lowest BCUT2D eigenvalue weighted by molar-refractivity contribution is -0.128. The van der Waals surface area contributed by atoms with Crippen LogP contribution in [0.2, 0.25) is 0 Å². The van der Waals surface area contributed by atoms with Gasteiger partial charge < -0.3 is 14.6 Å². The second kappa shape index (κ2) is 8.18. The first-order chi connectivity index (χ1) is 12.9. The summed E-state index contributed by atoms with van der Waals surface area (Å²) in [5.74, 6) is 1.01. The van der Waals surface area contributed by atoms with Crippen molar-refractivity contribution in [1.82, 2.24) is 9.88 Å². The summed E-state index contributed by atoms with van der Waals surface area (Å²) in [6, 6.07) is 11.3. The summed E-state index contributed by atoms with van der Waals surface area (Å²) in [5, 5.41) is 4.84. The lowest BCUT2D eigenvalue weighted by Gasteiger charge is -2.15. The van der Waals surface area contributed by atoms with Gasteiger partial charge >= 0.3 is 0 Å². The molecule has 1 N–H and O–H groups in total. The van der Waals surface area contributed by atoms with E-state index in [1.54, 1.807) is 23.3 Å². The van der Waals surface area contributed by atoms with E-state index in [9.17, 15) is 9.59 Å². The average Bonchev–Trinajstić information content (AvgIpc) is 3.25. The average molecular weight is 383 g/mol. The predicted molar refractivity (Wildman–Crippen MR) is 105 cm³/mol. The van der Waals surface area contributed by atoms with E-state index in [1.807, 2.05) is 48.7 Å². The molecule has 2 aromatic heterocycles. The third-order valence-electron chi connectivity index (χ3n) is 4.12. The molecule has 6 nitrogen and oxygen atoms in total. The Morgan fingerprint density at radius 1 is 1.26 bits per heavy atom. The molecule has 3 rings (SSSR count). The molecule has 2 amide bonds. The number of thiophene rings is 1. The van der Waals surface area contributed by atoms with E-state index in [0.717, 1.165) is 10.4 Å². The van der Waals surface area contributed by atoms with Crippen molar-refractivity contribution in [2.75, 3.05) is 12.4 Å². The Hall–Kier alpha value is -2.93. The van der Waals surface area contributed by atoms with Crippen LogP contribution in [0.25, 0.3) is 10.8 Å². The summed E-state index contributed by atoms with van der Waals surface area (Å²) in [6.45, 7) is 3.83. The highest BCUT2D eigenvalue weighted by molar-refractivity contribution is 7.13. The number of nitrogens with one attached hydrogen (secondary N) is 1. The molecular formula is C20H21N3O3S. The molecule has 0 atom stereocenters. The number of carbonyl (C=O) groups excluding carboxylic acids is 2. The number of oxazole rings is 1. The second-order valence-electron chi connectivity index (χ2n) is 6.30. The molecule has 0 fully saturated rings. The van der Waals surface area contributed by atoms with Crippen molar-refractivity contribution in [3.05, 3.63) is 58.8 Å². The number of rotatable bonds is 6. The summed E-state index contributed by atoms with van der Waals surface area (Å²) >= 11 is 1.54. The van der Waals surface area contributed by atoms with Crippen LogP contribution in [0, 0.1) is 6.92 Å². The molecule has 2 heterocycles. The monoisotopic (exact) mass is 383 g/mol. The number of anilines is 1. The van der Waals surface area contributed by atoms with Crippen molar-refractivity contribution in [2.45, 2.75) is 26.8 Å². The second-order valence-corrected chi connectivity index (χ2v) is 7.25. The molecule has 3 aromatic rings. The van der Waals surface area contributed by atoms with Crippen LogP contribution in [0.5, 0.6) is 0 Å². The molecule has 0 saturated carbocycles. The quantitative estimate of drug-likeness (QED) is 0.701. The highest BCUT2D eigenvalue weighted by atomic mass is 32.1. The fraction of sp³-hybridized carbons (Fsp3) is 0.250. The topological polar surface area (TPSA) is 75.4 Å².